The summed E-state index contributed by atoms with van der Waals surface area (Å²) in [5.74, 6) is -0.0395. The Balaban J connectivity index is 1.92. The fraction of sp³-hybridized carbons (Fsp3) is 0.588. The number of nitrogens with two attached hydrogens (primary N) is 1. The number of anilines is 1. The quantitative estimate of drug-likeness (QED) is 0.320. The van der Waals surface area contributed by atoms with Crippen molar-refractivity contribution in [2.24, 2.45) is 5.14 Å². The fourth-order valence-electron chi connectivity index (χ4n) is 4.18. The van der Waals surface area contributed by atoms with Crippen LogP contribution in [0, 0.1) is 0 Å². The van der Waals surface area contributed by atoms with E-state index in [0.717, 1.165) is 12.8 Å². The first kappa shape index (κ1) is 23.0. The molecule has 2 saturated heterocycles. The summed E-state index contributed by atoms with van der Waals surface area (Å²) in [5, 5.41) is 32.3. The van der Waals surface area contributed by atoms with Gasteiger partial charge in [0.2, 0.25) is 20.0 Å². The number of aromatic amines is 1. The number of aliphatic hydroxyl groups is 1. The first-order valence-electron chi connectivity index (χ1n) is 10.3. The molecule has 0 spiro atoms. The topological polar surface area (TPSA) is 196 Å². The number of nitrogens with one attached hydrogen (secondary N) is 3. The van der Waals surface area contributed by atoms with E-state index in [2.05, 4.69) is 30.7 Å². The van der Waals surface area contributed by atoms with Gasteiger partial charge >= 0.3 is 0 Å². The van der Waals surface area contributed by atoms with Gasteiger partial charge in [0, 0.05) is 31.4 Å². The van der Waals surface area contributed by atoms with Gasteiger partial charge in [0.05, 0.1) is 11.7 Å². The number of nitrogens with zero attached hydrogens (tertiary/aromatic N) is 4. The summed E-state index contributed by atoms with van der Waals surface area (Å²) >= 11 is 0. The van der Waals surface area contributed by atoms with E-state index < -0.39 is 35.9 Å². The minimum atomic E-state index is -4.53. The first-order chi connectivity index (χ1) is 15.2. The molecule has 2 aliphatic heterocycles. The van der Waals surface area contributed by atoms with Crippen molar-refractivity contribution >= 4 is 25.7 Å². The number of primary sulfonamides is 1. The van der Waals surface area contributed by atoms with Gasteiger partial charge in [-0.3, -0.25) is 0 Å². The molecule has 32 heavy (non-hydrogen) atoms. The molecule has 0 saturated carbocycles. The largest absolute Gasteiger partial charge is 0.391 e. The average Bonchev–Trinajstić information content (AvgIpc) is 3.38. The van der Waals surface area contributed by atoms with Crippen LogP contribution in [-0.4, -0.2) is 80.9 Å². The highest BCUT2D eigenvalue weighted by Crippen LogP contribution is 2.39. The SMILES string of the molecule is NS(=O)(=O)c1c(S(=O)(=O)N[C@@H]2CCNC2)ccc(N2CCCCC(O)C2)c1-c1nnn[nH]1. The van der Waals surface area contributed by atoms with Gasteiger partial charge in [0.25, 0.3) is 0 Å². The maximum atomic E-state index is 13.2. The van der Waals surface area contributed by atoms with Crippen molar-refractivity contribution < 1.29 is 21.9 Å². The third kappa shape index (κ3) is 4.77. The third-order valence-corrected chi connectivity index (χ3v) is 8.31. The molecule has 2 fully saturated rings. The Labute approximate surface area is 185 Å². The molecule has 15 heteroatoms. The Bertz CT molecular complexity index is 1160. The van der Waals surface area contributed by atoms with Crippen LogP contribution in [0.3, 0.4) is 0 Å². The number of hydrogen-bond donors (Lipinski definition) is 5. The molecule has 0 bridgehead atoms. The van der Waals surface area contributed by atoms with Crippen molar-refractivity contribution in [1.29, 1.82) is 0 Å². The summed E-state index contributed by atoms with van der Waals surface area (Å²) in [4.78, 5) is 0.734. The van der Waals surface area contributed by atoms with Crippen LogP contribution in [0.15, 0.2) is 21.9 Å². The highest BCUT2D eigenvalue weighted by molar-refractivity contribution is 7.92. The highest BCUT2D eigenvalue weighted by Gasteiger charge is 2.34. The van der Waals surface area contributed by atoms with Crippen LogP contribution < -0.4 is 20.1 Å². The van der Waals surface area contributed by atoms with E-state index in [9.17, 15) is 21.9 Å². The molecule has 2 atom stereocenters. The van der Waals surface area contributed by atoms with Crippen LogP contribution >= 0.6 is 0 Å². The number of hydrogen-bond acceptors (Lipinski definition) is 10. The van der Waals surface area contributed by atoms with E-state index in [1.807, 2.05) is 0 Å². The van der Waals surface area contributed by atoms with Crippen molar-refractivity contribution in [2.45, 2.75) is 47.6 Å². The lowest BCUT2D eigenvalue weighted by atomic mass is 10.1. The molecule has 2 aliphatic rings. The van der Waals surface area contributed by atoms with Crippen LogP contribution in [0.1, 0.15) is 25.7 Å². The number of sulfonamides is 2. The Kier molecular flexibility index (Phi) is 6.46. The van der Waals surface area contributed by atoms with Crippen LogP contribution in [0.4, 0.5) is 5.69 Å². The highest BCUT2D eigenvalue weighted by atomic mass is 32.2. The molecule has 6 N–H and O–H groups in total. The van der Waals surface area contributed by atoms with Crippen molar-refractivity contribution in [1.82, 2.24) is 30.7 Å². The number of tetrazole rings is 1. The molecule has 1 aromatic carbocycles. The van der Waals surface area contributed by atoms with Crippen LogP contribution in [0.25, 0.3) is 11.4 Å². The summed E-state index contributed by atoms with van der Waals surface area (Å²) < 4.78 is 54.4. The summed E-state index contributed by atoms with van der Waals surface area (Å²) in [6.45, 7) is 1.87. The molecule has 176 valence electrons. The van der Waals surface area contributed by atoms with Gasteiger partial charge in [-0.1, -0.05) is 0 Å². The van der Waals surface area contributed by atoms with Gasteiger partial charge in [-0.25, -0.2) is 31.8 Å². The molecule has 1 unspecified atom stereocenters. The van der Waals surface area contributed by atoms with E-state index in [4.69, 9.17) is 5.14 Å². The van der Waals surface area contributed by atoms with Crippen molar-refractivity contribution in [3.05, 3.63) is 12.1 Å². The molecule has 2 aromatic rings. The number of rotatable bonds is 6. The van der Waals surface area contributed by atoms with Gasteiger partial charge in [-0.2, -0.15) is 0 Å². The van der Waals surface area contributed by atoms with Crippen LogP contribution in [0.2, 0.25) is 0 Å². The van der Waals surface area contributed by atoms with E-state index in [1.165, 1.54) is 12.1 Å². The van der Waals surface area contributed by atoms with E-state index >= 15 is 0 Å². The smallest absolute Gasteiger partial charge is 0.242 e. The molecular formula is C17H26N8O5S2. The predicted molar refractivity (Wildman–Crippen MR) is 115 cm³/mol. The minimum Gasteiger partial charge on any atom is -0.391 e. The summed E-state index contributed by atoms with van der Waals surface area (Å²) in [6.07, 6.45) is 2.16. The molecular weight excluding hydrogens is 460 g/mol. The van der Waals surface area contributed by atoms with Crippen LogP contribution in [0.5, 0.6) is 0 Å². The molecule has 0 amide bonds. The minimum absolute atomic E-state index is 0.0395. The van der Waals surface area contributed by atoms with Crippen molar-refractivity contribution in [2.75, 3.05) is 31.1 Å². The zero-order chi connectivity index (χ0) is 22.9. The normalized spacial score (nSPS) is 22.8. The number of H-pyrrole nitrogens is 1. The maximum Gasteiger partial charge on any atom is 0.242 e. The van der Waals surface area contributed by atoms with E-state index in [1.54, 1.807) is 4.90 Å². The molecule has 0 radical (unpaired) electrons. The lowest BCUT2D eigenvalue weighted by molar-refractivity contribution is 0.174. The maximum absolute atomic E-state index is 13.2. The number of aliphatic hydroxyl groups excluding tert-OH is 1. The van der Waals surface area contributed by atoms with E-state index in [0.29, 0.717) is 38.2 Å². The first-order valence-corrected chi connectivity index (χ1v) is 13.3. The molecule has 13 nitrogen and oxygen atoms in total. The second-order valence-corrected chi connectivity index (χ2v) is 11.2. The predicted octanol–water partition coefficient (Wildman–Crippen LogP) is -1.49. The fourth-order valence-corrected chi connectivity index (χ4v) is 7.05. The van der Waals surface area contributed by atoms with Gasteiger partial charge in [0.1, 0.15) is 9.79 Å². The van der Waals surface area contributed by atoms with Gasteiger partial charge in [0.15, 0.2) is 5.82 Å². The molecule has 0 aliphatic carbocycles. The summed E-state index contributed by atoms with van der Waals surface area (Å²) in [5.41, 5.74) is 0.328. The van der Waals surface area contributed by atoms with Gasteiger partial charge in [-0.15, -0.1) is 5.10 Å². The Morgan fingerprint density at radius 2 is 2.00 bits per heavy atom. The second kappa shape index (κ2) is 8.99. The monoisotopic (exact) mass is 486 g/mol. The lowest BCUT2D eigenvalue weighted by Gasteiger charge is -2.28. The Hall–Kier alpha value is -2.17. The zero-order valence-electron chi connectivity index (χ0n) is 17.2. The van der Waals surface area contributed by atoms with Crippen molar-refractivity contribution in [3.8, 4) is 11.4 Å². The second-order valence-electron chi connectivity index (χ2n) is 7.99. The standard InChI is InChI=1S/C17H26N8O5S2/c18-31(27,28)16-14(32(29,30)22-11-6-7-19-9-11)5-4-13(15(16)17-20-23-24-21-17)25-8-2-1-3-12(26)10-25/h4-5,11-12,19,22,26H,1-3,6-10H2,(H2,18,27,28)(H,20,21,23,24)/t11-,12?/m1/s1. The lowest BCUT2D eigenvalue weighted by Crippen LogP contribution is -2.37. The molecule has 4 rings (SSSR count). The summed E-state index contributed by atoms with van der Waals surface area (Å²) in [7, 11) is -8.77. The number of β-amino-alcohol motifs (C(OH)–C–C–N with tert-alkyl or cyclic N) is 1. The molecule has 1 aromatic heterocycles. The third-order valence-electron chi connectivity index (χ3n) is 5.63. The Morgan fingerprint density at radius 3 is 2.66 bits per heavy atom. The molecule has 3 heterocycles. The van der Waals surface area contributed by atoms with Crippen molar-refractivity contribution in [3.63, 3.8) is 0 Å². The average molecular weight is 487 g/mol. The van der Waals surface area contributed by atoms with E-state index in [-0.39, 0.29) is 24.0 Å². The number of benzene rings is 1. The number of aromatic nitrogens is 4. The zero-order valence-corrected chi connectivity index (χ0v) is 18.9. The van der Waals surface area contributed by atoms with Crippen LogP contribution in [-0.2, 0) is 20.0 Å². The summed E-state index contributed by atoms with van der Waals surface area (Å²) in [6, 6.07) is 2.36. The Morgan fingerprint density at radius 1 is 1.19 bits per heavy atom. The van der Waals surface area contributed by atoms with Gasteiger partial charge in [-0.05, 0) is 54.8 Å². The van der Waals surface area contributed by atoms with Gasteiger partial charge < -0.3 is 15.3 Å².